The van der Waals surface area contributed by atoms with E-state index in [4.69, 9.17) is 4.67 Å². The fraction of sp³-hybridized carbons (Fsp3) is 0.600. The molecule has 0 amide bonds. The molecule has 0 N–H and O–H groups in total. The van der Waals surface area contributed by atoms with Crippen LogP contribution in [0.1, 0.15) is 129 Å². The number of hydrogen-bond donors (Lipinski definition) is 0. The minimum absolute atomic E-state index is 0.0203. The summed E-state index contributed by atoms with van der Waals surface area (Å²) in [5, 5.41) is 0. The molecule has 208 valence electrons. The van der Waals surface area contributed by atoms with Gasteiger partial charge in [-0.05, 0) is 102 Å². The van der Waals surface area contributed by atoms with Crippen molar-refractivity contribution in [3.05, 3.63) is 64.0 Å². The second-order valence-corrected chi connectivity index (χ2v) is 12.5. The van der Waals surface area contributed by atoms with E-state index < -0.39 is 0 Å². The molecule has 0 aliphatic carbocycles. The van der Waals surface area contributed by atoms with Gasteiger partial charge in [0.15, 0.2) is 0 Å². The van der Waals surface area contributed by atoms with Gasteiger partial charge < -0.3 is 0 Å². The first-order valence-corrected chi connectivity index (χ1v) is 14.9. The Labute approximate surface area is 232 Å². The van der Waals surface area contributed by atoms with Gasteiger partial charge in [0.25, 0.3) is 5.84 Å². The van der Waals surface area contributed by atoms with Crippen molar-refractivity contribution in [2.75, 3.05) is 4.90 Å². The summed E-state index contributed by atoms with van der Waals surface area (Å²) in [5.41, 5.74) is 7.13. The number of anilines is 1. The highest BCUT2D eigenvalue weighted by molar-refractivity contribution is 6.31. The first-order valence-electron chi connectivity index (χ1n) is 14.9. The van der Waals surface area contributed by atoms with Gasteiger partial charge in [0.05, 0.1) is 5.56 Å². The molecule has 0 aromatic heterocycles. The van der Waals surface area contributed by atoms with Crippen molar-refractivity contribution >= 4 is 17.4 Å². The molecule has 0 fully saturated rings. The molecule has 2 aromatic carbocycles. The minimum atomic E-state index is -0.203. The summed E-state index contributed by atoms with van der Waals surface area (Å²) in [7, 11) is 0. The van der Waals surface area contributed by atoms with Gasteiger partial charge >= 0.3 is 5.84 Å². The van der Waals surface area contributed by atoms with E-state index in [1.165, 1.54) is 22.4 Å². The van der Waals surface area contributed by atoms with E-state index >= 15 is 0 Å². The van der Waals surface area contributed by atoms with Crippen LogP contribution in [0.5, 0.6) is 0 Å². The molecule has 4 atom stereocenters. The van der Waals surface area contributed by atoms with Crippen molar-refractivity contribution in [2.45, 2.75) is 120 Å². The molecule has 2 nitrogen and oxygen atoms in total. The van der Waals surface area contributed by atoms with Crippen molar-refractivity contribution in [2.24, 2.45) is 17.3 Å². The van der Waals surface area contributed by atoms with Crippen molar-refractivity contribution in [3.63, 3.8) is 0 Å². The molecule has 1 aliphatic rings. The first-order chi connectivity index (χ1) is 17.8. The molecular weight excluding hydrogens is 467 g/mol. The fourth-order valence-electron chi connectivity index (χ4n) is 7.26. The number of aryl methyl sites for hydroxylation is 2. The standard InChI is InChI=1S/C35H52FN2/c1-13-25(9)34(11,15-3)35(12,16-4)31-21-28(36)17-18-30(31)33-37-26(10)38(33)32-23(7)19-27(20-24(32)8)29(14-2)22(5)6/h17-22,25,29H,13-16H2,1-12H3/q+1/t25?,29?,34-,35?/m0/s1. The summed E-state index contributed by atoms with van der Waals surface area (Å²) in [6, 6.07) is 10.1. The molecule has 3 unspecified atom stereocenters. The van der Waals surface area contributed by atoms with E-state index in [1.54, 1.807) is 12.1 Å². The molecule has 3 rings (SSSR count). The maximum absolute atomic E-state index is 15.0. The van der Waals surface area contributed by atoms with Gasteiger partial charge in [-0.3, -0.25) is 0 Å². The van der Waals surface area contributed by atoms with E-state index in [0.29, 0.717) is 17.8 Å². The SMILES string of the molecule is CCC(c1cc(C)c(N2C(C)=[N+]=C2c2ccc(F)cc2C(C)(CC)[C@@](C)(CC)C(C)CC)c(C)c1)C(C)C. The van der Waals surface area contributed by atoms with Crippen LogP contribution in [0.15, 0.2) is 30.3 Å². The van der Waals surface area contributed by atoms with Gasteiger partial charge in [-0.2, -0.15) is 4.90 Å². The number of rotatable bonds is 11. The topological polar surface area (TPSA) is 17.3 Å². The van der Waals surface area contributed by atoms with Crippen LogP contribution < -0.4 is 9.57 Å². The summed E-state index contributed by atoms with van der Waals surface area (Å²) in [6.07, 6.45) is 4.22. The van der Waals surface area contributed by atoms with Gasteiger partial charge in [0, 0.05) is 6.92 Å². The van der Waals surface area contributed by atoms with Crippen LogP contribution in [0, 0.1) is 36.9 Å². The molecular formula is C35H52FN2+. The highest BCUT2D eigenvalue weighted by Crippen LogP contribution is 2.53. The molecule has 1 aliphatic heterocycles. The molecule has 2 aromatic rings. The zero-order valence-electron chi connectivity index (χ0n) is 26.2. The Balaban J connectivity index is 2.20. The van der Waals surface area contributed by atoms with Crippen LogP contribution in [-0.4, -0.2) is 11.7 Å². The number of benzene rings is 2. The van der Waals surface area contributed by atoms with Crippen molar-refractivity contribution in [1.82, 2.24) is 4.67 Å². The van der Waals surface area contributed by atoms with Gasteiger partial charge in [-0.15, -0.1) is 0 Å². The van der Waals surface area contributed by atoms with E-state index in [0.717, 1.165) is 48.5 Å². The van der Waals surface area contributed by atoms with E-state index in [2.05, 4.69) is 100 Å². The number of nitrogens with zero attached hydrogens (tertiary/aromatic N) is 2. The second-order valence-electron chi connectivity index (χ2n) is 12.5. The average molecular weight is 520 g/mol. The Morgan fingerprint density at radius 1 is 0.868 bits per heavy atom. The summed E-state index contributed by atoms with van der Waals surface area (Å²) in [5.74, 6) is 3.42. The lowest BCUT2D eigenvalue weighted by Crippen LogP contribution is -2.51. The highest BCUT2D eigenvalue weighted by Gasteiger charge is 2.49. The van der Waals surface area contributed by atoms with Crippen molar-refractivity contribution < 1.29 is 4.39 Å². The number of amidine groups is 2. The third-order valence-corrected chi connectivity index (χ3v) is 10.4. The Bertz CT molecular complexity index is 1210. The van der Waals surface area contributed by atoms with Crippen LogP contribution in [0.3, 0.4) is 0 Å². The highest BCUT2D eigenvalue weighted by atomic mass is 19.1. The van der Waals surface area contributed by atoms with E-state index in [-0.39, 0.29) is 16.6 Å². The summed E-state index contributed by atoms with van der Waals surface area (Å²) >= 11 is 0. The number of hydrogen-bond acceptors (Lipinski definition) is 1. The van der Waals surface area contributed by atoms with Crippen LogP contribution in [0.4, 0.5) is 10.1 Å². The Hall–Kier alpha value is -2.38. The van der Waals surface area contributed by atoms with Crippen molar-refractivity contribution in [1.29, 1.82) is 0 Å². The van der Waals surface area contributed by atoms with Gasteiger partial charge in [0.2, 0.25) is 0 Å². The molecule has 38 heavy (non-hydrogen) atoms. The summed E-state index contributed by atoms with van der Waals surface area (Å²) < 4.78 is 19.9. The lowest BCUT2D eigenvalue weighted by Gasteiger charge is -2.51. The normalized spacial score (nSPS) is 18.3. The predicted molar refractivity (Wildman–Crippen MR) is 165 cm³/mol. The lowest BCUT2D eigenvalue weighted by molar-refractivity contribution is 0.0654. The Morgan fingerprint density at radius 2 is 1.47 bits per heavy atom. The van der Waals surface area contributed by atoms with E-state index in [9.17, 15) is 4.39 Å². The van der Waals surface area contributed by atoms with Crippen LogP contribution in [0.2, 0.25) is 0 Å². The fourth-order valence-corrected chi connectivity index (χ4v) is 7.26. The van der Waals surface area contributed by atoms with Crippen LogP contribution in [0.25, 0.3) is 0 Å². The quantitative estimate of drug-likeness (QED) is 0.270. The van der Waals surface area contributed by atoms with Crippen LogP contribution >= 0.6 is 0 Å². The Kier molecular flexibility index (Phi) is 9.04. The minimum Gasteiger partial charge on any atom is -0.234 e. The average Bonchev–Trinajstić information content (AvgIpc) is 2.88. The monoisotopic (exact) mass is 519 g/mol. The van der Waals surface area contributed by atoms with Crippen LogP contribution in [-0.2, 0) is 5.41 Å². The number of halogens is 1. The molecule has 0 radical (unpaired) electrons. The maximum atomic E-state index is 15.0. The second kappa shape index (κ2) is 11.4. The molecule has 0 saturated carbocycles. The third-order valence-electron chi connectivity index (χ3n) is 10.4. The van der Waals surface area contributed by atoms with Gasteiger partial charge in [-0.1, -0.05) is 80.9 Å². The molecule has 0 bridgehead atoms. The molecule has 3 heteroatoms. The summed E-state index contributed by atoms with van der Waals surface area (Å²) in [4.78, 5) is 2.31. The van der Waals surface area contributed by atoms with Gasteiger partial charge in [0.1, 0.15) is 11.5 Å². The van der Waals surface area contributed by atoms with Crippen molar-refractivity contribution in [3.8, 4) is 0 Å². The zero-order valence-corrected chi connectivity index (χ0v) is 26.2. The third kappa shape index (κ3) is 4.88. The molecule has 0 spiro atoms. The first kappa shape index (κ1) is 30.2. The smallest absolute Gasteiger partial charge is 0.234 e. The van der Waals surface area contributed by atoms with Gasteiger partial charge in [-0.25, -0.2) is 9.06 Å². The van der Waals surface area contributed by atoms with E-state index in [1.807, 2.05) is 6.07 Å². The molecule has 0 saturated heterocycles. The Morgan fingerprint density at radius 3 is 1.92 bits per heavy atom. The predicted octanol–water partition coefficient (Wildman–Crippen LogP) is 9.47. The maximum Gasteiger partial charge on any atom is 0.331 e. The zero-order chi connectivity index (χ0) is 28.6. The largest absolute Gasteiger partial charge is 0.331 e. The summed E-state index contributed by atoms with van der Waals surface area (Å²) in [6.45, 7) is 27.4. The lowest BCUT2D eigenvalue weighted by atomic mass is 9.53. The molecule has 1 heterocycles.